The number of halogens is 3. The van der Waals surface area contributed by atoms with Gasteiger partial charge in [-0.05, 0) is 72.1 Å². The van der Waals surface area contributed by atoms with Crippen LogP contribution in [-0.4, -0.2) is 44.3 Å². The number of hydrogen-bond donors (Lipinski definition) is 1. The molecule has 0 saturated carbocycles. The Morgan fingerprint density at radius 3 is 2.18 bits per heavy atom. The number of rotatable bonds is 14. The normalized spacial score (nSPS) is 11.9. The molecule has 1 unspecified atom stereocenters. The second kappa shape index (κ2) is 15.9. The van der Waals surface area contributed by atoms with Crippen LogP contribution in [-0.2, 0) is 32.6 Å². The molecule has 0 bridgehead atoms. The number of nitrogens with one attached hydrogen (secondary N) is 1. The first-order chi connectivity index (χ1) is 21.6. The molecule has 0 aliphatic rings. The number of nitrogens with zero attached hydrogens (tertiary/aromatic N) is 2. The van der Waals surface area contributed by atoms with Crippen molar-refractivity contribution in [2.45, 2.75) is 43.7 Å². The van der Waals surface area contributed by atoms with E-state index >= 15 is 0 Å². The van der Waals surface area contributed by atoms with Crippen molar-refractivity contribution in [3.8, 4) is 0 Å². The molecule has 1 atom stereocenters. The molecule has 45 heavy (non-hydrogen) atoms. The molecule has 4 rings (SSSR count). The minimum Gasteiger partial charge on any atom is -0.354 e. The lowest BCUT2D eigenvalue weighted by atomic mass is 10.0. The van der Waals surface area contributed by atoms with Gasteiger partial charge < -0.3 is 10.2 Å². The van der Waals surface area contributed by atoms with Gasteiger partial charge in [0.2, 0.25) is 11.8 Å². The summed E-state index contributed by atoms with van der Waals surface area (Å²) in [7, 11) is -4.30. The van der Waals surface area contributed by atoms with Crippen LogP contribution in [0.3, 0.4) is 0 Å². The number of amides is 2. The van der Waals surface area contributed by atoms with Crippen molar-refractivity contribution in [1.29, 1.82) is 0 Å². The molecule has 0 aliphatic carbocycles. The zero-order valence-electron chi connectivity index (χ0n) is 24.7. The minimum atomic E-state index is -4.30. The Morgan fingerprint density at radius 2 is 1.53 bits per heavy atom. The van der Waals surface area contributed by atoms with Gasteiger partial charge in [0.1, 0.15) is 18.4 Å². The average molecular weight is 671 g/mol. The Kier molecular flexibility index (Phi) is 12.0. The zero-order valence-corrected chi connectivity index (χ0v) is 27.0. The van der Waals surface area contributed by atoms with Gasteiger partial charge in [-0.2, -0.15) is 0 Å². The van der Waals surface area contributed by atoms with Crippen LogP contribution in [0.4, 0.5) is 10.1 Å². The molecule has 2 amide bonds. The number of unbranched alkanes of at least 4 members (excludes halogenated alkanes) is 1. The van der Waals surface area contributed by atoms with Crippen LogP contribution < -0.4 is 9.62 Å². The molecule has 0 saturated heterocycles. The minimum absolute atomic E-state index is 0.0673. The van der Waals surface area contributed by atoms with Crippen molar-refractivity contribution in [2.24, 2.45) is 0 Å². The van der Waals surface area contributed by atoms with Gasteiger partial charge in [-0.15, -0.1) is 0 Å². The van der Waals surface area contributed by atoms with Crippen LogP contribution in [0.2, 0.25) is 10.0 Å². The zero-order chi connectivity index (χ0) is 32.4. The first-order valence-electron chi connectivity index (χ1n) is 14.5. The summed E-state index contributed by atoms with van der Waals surface area (Å²) >= 11 is 12.3. The summed E-state index contributed by atoms with van der Waals surface area (Å²) in [5.41, 5.74) is 1.55. The molecule has 7 nitrogen and oxygen atoms in total. The summed E-state index contributed by atoms with van der Waals surface area (Å²) in [6, 6.07) is 25.6. The smallest absolute Gasteiger partial charge is 0.264 e. The molecule has 0 spiro atoms. The van der Waals surface area contributed by atoms with Crippen molar-refractivity contribution < 1.29 is 22.4 Å². The summed E-state index contributed by atoms with van der Waals surface area (Å²) in [5, 5.41) is 3.56. The second-order valence-electron chi connectivity index (χ2n) is 10.4. The Bertz CT molecular complexity index is 1690. The van der Waals surface area contributed by atoms with Gasteiger partial charge in [0, 0.05) is 29.6 Å². The van der Waals surface area contributed by atoms with E-state index in [1.807, 2.05) is 37.3 Å². The van der Waals surface area contributed by atoms with E-state index in [-0.39, 0.29) is 34.5 Å². The Balaban J connectivity index is 1.78. The highest BCUT2D eigenvalue weighted by Gasteiger charge is 2.34. The summed E-state index contributed by atoms with van der Waals surface area (Å²) < 4.78 is 42.8. The third-order valence-corrected chi connectivity index (χ3v) is 9.42. The molecule has 0 aromatic heterocycles. The van der Waals surface area contributed by atoms with Crippen molar-refractivity contribution in [2.75, 3.05) is 17.4 Å². The number of anilines is 1. The van der Waals surface area contributed by atoms with Gasteiger partial charge in [-0.3, -0.25) is 13.9 Å². The lowest BCUT2D eigenvalue weighted by Crippen LogP contribution is -2.53. The first-order valence-corrected chi connectivity index (χ1v) is 16.7. The van der Waals surface area contributed by atoms with Crippen molar-refractivity contribution in [3.05, 3.63) is 130 Å². The summed E-state index contributed by atoms with van der Waals surface area (Å²) in [5.74, 6) is -1.46. The lowest BCUT2D eigenvalue weighted by Gasteiger charge is -2.34. The van der Waals surface area contributed by atoms with Crippen LogP contribution in [0.1, 0.15) is 30.9 Å². The van der Waals surface area contributed by atoms with Crippen molar-refractivity contribution >= 4 is 50.7 Å². The Morgan fingerprint density at radius 1 is 0.844 bits per heavy atom. The van der Waals surface area contributed by atoms with Crippen molar-refractivity contribution in [3.63, 3.8) is 0 Å². The maximum Gasteiger partial charge on any atom is 0.264 e. The maximum atomic E-state index is 14.4. The maximum absolute atomic E-state index is 14.4. The fraction of sp³-hybridized carbons (Fsp3) is 0.235. The fourth-order valence-electron chi connectivity index (χ4n) is 4.74. The molecular weight excluding hydrogens is 636 g/mol. The topological polar surface area (TPSA) is 86.8 Å². The molecule has 0 fully saturated rings. The third-order valence-electron chi connectivity index (χ3n) is 7.14. The molecule has 1 N–H and O–H groups in total. The van der Waals surface area contributed by atoms with E-state index in [1.165, 1.54) is 65.6 Å². The number of sulfonamides is 1. The van der Waals surface area contributed by atoms with Crippen LogP contribution in [0, 0.1) is 5.82 Å². The summed E-state index contributed by atoms with van der Waals surface area (Å²) in [4.78, 5) is 29.4. The average Bonchev–Trinajstić information content (AvgIpc) is 3.03. The van der Waals surface area contributed by atoms with E-state index < -0.39 is 34.3 Å². The molecule has 236 valence electrons. The Labute approximate surface area is 273 Å². The van der Waals surface area contributed by atoms with Crippen LogP contribution >= 0.6 is 23.2 Å². The molecule has 11 heteroatoms. The fourth-order valence-corrected chi connectivity index (χ4v) is 6.46. The van der Waals surface area contributed by atoms with Crippen LogP contribution in [0.5, 0.6) is 0 Å². The van der Waals surface area contributed by atoms with Gasteiger partial charge in [0.05, 0.1) is 10.6 Å². The number of carbonyl (C=O) groups is 2. The van der Waals surface area contributed by atoms with Gasteiger partial charge in [0.25, 0.3) is 10.0 Å². The third kappa shape index (κ3) is 9.29. The standard InChI is InChI=1S/C34H34Cl2FN3O4S/c1-2-3-20-38-34(42)32(21-25-8-5-4-6-9-25)39(23-26-12-16-29(37)17-13-26)33(41)24-40(30-11-7-10-28(36)22-30)45(43,44)31-18-14-27(35)15-19-31/h4-19,22,32H,2-3,20-21,23-24H2,1H3,(H,38,42). The summed E-state index contributed by atoms with van der Waals surface area (Å²) in [6.07, 6.45) is 1.78. The molecule has 4 aromatic rings. The second-order valence-corrected chi connectivity index (χ2v) is 13.2. The van der Waals surface area contributed by atoms with E-state index in [9.17, 15) is 22.4 Å². The lowest BCUT2D eigenvalue weighted by molar-refractivity contribution is -0.140. The van der Waals surface area contributed by atoms with Gasteiger partial charge >= 0.3 is 0 Å². The van der Waals surface area contributed by atoms with Gasteiger partial charge in [-0.1, -0.05) is 85.1 Å². The summed E-state index contributed by atoms with van der Waals surface area (Å²) in [6.45, 7) is 1.71. The highest BCUT2D eigenvalue weighted by atomic mass is 35.5. The highest BCUT2D eigenvalue weighted by Crippen LogP contribution is 2.28. The van der Waals surface area contributed by atoms with E-state index in [4.69, 9.17) is 23.2 Å². The molecular formula is C34H34Cl2FN3O4S. The van der Waals surface area contributed by atoms with Gasteiger partial charge in [-0.25, -0.2) is 12.8 Å². The molecule has 0 aliphatic heterocycles. The molecule has 0 radical (unpaired) electrons. The van der Waals surface area contributed by atoms with E-state index in [2.05, 4.69) is 5.32 Å². The predicted octanol–water partition coefficient (Wildman–Crippen LogP) is 6.88. The largest absolute Gasteiger partial charge is 0.354 e. The molecule has 0 heterocycles. The molecule has 4 aromatic carbocycles. The predicted molar refractivity (Wildman–Crippen MR) is 176 cm³/mol. The number of carbonyl (C=O) groups excluding carboxylic acids is 2. The first kappa shape index (κ1) is 34.0. The quantitative estimate of drug-likeness (QED) is 0.148. The van der Waals surface area contributed by atoms with Gasteiger partial charge in [0.15, 0.2) is 0 Å². The number of hydrogen-bond acceptors (Lipinski definition) is 4. The SMILES string of the molecule is CCCCNC(=O)C(Cc1ccccc1)N(Cc1ccc(F)cc1)C(=O)CN(c1cccc(Cl)c1)S(=O)(=O)c1ccc(Cl)cc1. The van der Waals surface area contributed by atoms with Crippen molar-refractivity contribution in [1.82, 2.24) is 10.2 Å². The monoisotopic (exact) mass is 669 g/mol. The van der Waals surface area contributed by atoms with Crippen LogP contribution in [0.25, 0.3) is 0 Å². The van der Waals surface area contributed by atoms with E-state index in [0.29, 0.717) is 17.1 Å². The van der Waals surface area contributed by atoms with E-state index in [1.54, 1.807) is 12.1 Å². The highest BCUT2D eigenvalue weighted by molar-refractivity contribution is 7.92. The Hall–Kier alpha value is -3.92. The number of benzene rings is 4. The van der Waals surface area contributed by atoms with Crippen LogP contribution in [0.15, 0.2) is 108 Å². The van der Waals surface area contributed by atoms with E-state index in [0.717, 1.165) is 22.7 Å².